The Morgan fingerprint density at radius 1 is 1.30 bits per heavy atom. The summed E-state index contributed by atoms with van der Waals surface area (Å²) in [6.45, 7) is 5.05. The highest BCUT2D eigenvalue weighted by molar-refractivity contribution is 7.99. The number of benzene rings is 1. The molecule has 1 aliphatic rings. The first-order chi connectivity index (χ1) is 12.9. The van der Waals surface area contributed by atoms with Crippen LogP contribution in [0, 0.1) is 0 Å². The van der Waals surface area contributed by atoms with Crippen LogP contribution in [0.1, 0.15) is 60.9 Å². The fourth-order valence-electron chi connectivity index (χ4n) is 3.42. The standard InChI is InChI=1S/C20H26N4O2S/c1-13(2)27-15-8-6-14(7-9-15)11-19(25)24-10-4-3-5-18(24)16-12-17(20(21)26)23-22-16/h6-9,12-13,18H,3-5,10-11H2,1-2H3,(H2,21,26)(H,22,23)/t18-/m0/s1. The minimum atomic E-state index is -0.564. The zero-order chi connectivity index (χ0) is 19.4. The molecule has 3 N–H and O–H groups in total. The topological polar surface area (TPSA) is 92.1 Å². The molecule has 1 fully saturated rings. The molecule has 0 saturated carbocycles. The number of H-pyrrole nitrogens is 1. The first kappa shape index (κ1) is 19.5. The number of amides is 2. The first-order valence-corrected chi connectivity index (χ1v) is 10.2. The maximum absolute atomic E-state index is 12.9. The third-order valence-corrected chi connectivity index (χ3v) is 5.70. The van der Waals surface area contributed by atoms with Crippen LogP contribution < -0.4 is 5.73 Å². The molecular formula is C20H26N4O2S. The molecule has 0 spiro atoms. The molecule has 1 aliphatic heterocycles. The van der Waals surface area contributed by atoms with Gasteiger partial charge in [-0.2, -0.15) is 5.10 Å². The molecule has 1 atom stereocenters. The summed E-state index contributed by atoms with van der Waals surface area (Å²) in [7, 11) is 0. The second kappa shape index (κ2) is 8.61. The van der Waals surface area contributed by atoms with Crippen molar-refractivity contribution in [3.63, 3.8) is 0 Å². The Balaban J connectivity index is 1.70. The van der Waals surface area contributed by atoms with E-state index in [1.165, 1.54) is 4.90 Å². The van der Waals surface area contributed by atoms with Crippen LogP contribution in [0.3, 0.4) is 0 Å². The van der Waals surface area contributed by atoms with Crippen molar-refractivity contribution < 1.29 is 9.59 Å². The molecule has 2 aromatic rings. The highest BCUT2D eigenvalue weighted by Crippen LogP contribution is 2.31. The van der Waals surface area contributed by atoms with Gasteiger partial charge in [-0.15, -0.1) is 11.8 Å². The normalized spacial score (nSPS) is 17.3. The lowest BCUT2D eigenvalue weighted by Crippen LogP contribution is -2.39. The van der Waals surface area contributed by atoms with Crippen LogP contribution in [0.15, 0.2) is 35.2 Å². The van der Waals surface area contributed by atoms with E-state index in [9.17, 15) is 9.59 Å². The van der Waals surface area contributed by atoms with E-state index in [1.54, 1.807) is 6.07 Å². The van der Waals surface area contributed by atoms with Crippen LogP contribution in [0.5, 0.6) is 0 Å². The lowest BCUT2D eigenvalue weighted by atomic mass is 9.98. The molecule has 7 heteroatoms. The Morgan fingerprint density at radius 3 is 2.67 bits per heavy atom. The average molecular weight is 387 g/mol. The zero-order valence-corrected chi connectivity index (χ0v) is 16.6. The summed E-state index contributed by atoms with van der Waals surface area (Å²) < 4.78 is 0. The fraction of sp³-hybridized carbons (Fsp3) is 0.450. The molecule has 6 nitrogen and oxygen atoms in total. The molecule has 2 amide bonds. The number of piperidine rings is 1. The second-order valence-electron chi connectivity index (χ2n) is 7.16. The molecule has 27 heavy (non-hydrogen) atoms. The number of aromatic amines is 1. The SMILES string of the molecule is CC(C)Sc1ccc(CC(=O)N2CCCC[C@H]2c2cc(C(N)=O)n[nH]2)cc1. The van der Waals surface area contributed by atoms with Crippen molar-refractivity contribution in [3.05, 3.63) is 47.3 Å². The van der Waals surface area contributed by atoms with Crippen molar-refractivity contribution in [1.29, 1.82) is 0 Å². The number of aromatic nitrogens is 2. The summed E-state index contributed by atoms with van der Waals surface area (Å²) >= 11 is 1.81. The van der Waals surface area contributed by atoms with E-state index >= 15 is 0 Å². The summed E-state index contributed by atoms with van der Waals surface area (Å²) in [6.07, 6.45) is 3.26. The highest BCUT2D eigenvalue weighted by atomic mass is 32.2. The van der Waals surface area contributed by atoms with Gasteiger partial charge in [0.25, 0.3) is 5.91 Å². The van der Waals surface area contributed by atoms with Gasteiger partial charge in [-0.3, -0.25) is 14.7 Å². The number of thioether (sulfide) groups is 1. The zero-order valence-electron chi connectivity index (χ0n) is 15.8. The maximum atomic E-state index is 12.9. The van der Waals surface area contributed by atoms with E-state index in [4.69, 9.17) is 5.73 Å². The van der Waals surface area contributed by atoms with Crippen LogP contribution in [-0.4, -0.2) is 38.7 Å². The second-order valence-corrected chi connectivity index (χ2v) is 8.81. The molecule has 0 bridgehead atoms. The number of nitrogens with two attached hydrogens (primary N) is 1. The number of likely N-dealkylation sites (tertiary alicyclic amines) is 1. The number of carbonyl (C=O) groups is 2. The molecule has 1 saturated heterocycles. The molecule has 0 aliphatic carbocycles. The Labute approximate surface area is 163 Å². The predicted molar refractivity (Wildman–Crippen MR) is 107 cm³/mol. The Bertz CT molecular complexity index is 801. The largest absolute Gasteiger partial charge is 0.364 e. The van der Waals surface area contributed by atoms with Gasteiger partial charge in [-0.05, 0) is 43.0 Å². The van der Waals surface area contributed by atoms with Gasteiger partial charge in [0.15, 0.2) is 0 Å². The molecule has 1 aromatic carbocycles. The molecule has 144 valence electrons. The van der Waals surface area contributed by atoms with Crippen LogP contribution in [-0.2, 0) is 11.2 Å². The Kier molecular flexibility index (Phi) is 6.21. The van der Waals surface area contributed by atoms with Crippen molar-refractivity contribution in [2.45, 2.75) is 55.7 Å². The quantitative estimate of drug-likeness (QED) is 0.745. The van der Waals surface area contributed by atoms with Crippen LogP contribution >= 0.6 is 11.8 Å². The summed E-state index contributed by atoms with van der Waals surface area (Å²) in [4.78, 5) is 27.4. The van der Waals surface area contributed by atoms with E-state index in [0.717, 1.165) is 37.1 Å². The van der Waals surface area contributed by atoms with Crippen molar-refractivity contribution in [2.24, 2.45) is 5.73 Å². The van der Waals surface area contributed by atoms with Gasteiger partial charge in [-0.1, -0.05) is 26.0 Å². The van der Waals surface area contributed by atoms with E-state index in [1.807, 2.05) is 28.8 Å². The minimum Gasteiger partial charge on any atom is -0.364 e. The van der Waals surface area contributed by atoms with Gasteiger partial charge in [0, 0.05) is 16.7 Å². The molecule has 0 radical (unpaired) electrons. The number of nitrogens with one attached hydrogen (secondary N) is 1. The van der Waals surface area contributed by atoms with Crippen molar-refractivity contribution >= 4 is 23.6 Å². The molecule has 0 unspecified atom stereocenters. The number of nitrogens with zero attached hydrogens (tertiary/aromatic N) is 2. The van der Waals surface area contributed by atoms with Gasteiger partial charge in [0.2, 0.25) is 5.91 Å². The number of carbonyl (C=O) groups excluding carboxylic acids is 2. The van der Waals surface area contributed by atoms with E-state index in [-0.39, 0.29) is 17.6 Å². The molecule has 2 heterocycles. The number of primary amides is 1. The van der Waals surface area contributed by atoms with Gasteiger partial charge >= 0.3 is 0 Å². The summed E-state index contributed by atoms with van der Waals surface area (Å²) in [5, 5.41) is 7.38. The van der Waals surface area contributed by atoms with Gasteiger partial charge in [-0.25, -0.2) is 0 Å². The maximum Gasteiger partial charge on any atom is 0.269 e. The summed E-state index contributed by atoms with van der Waals surface area (Å²) in [5.41, 5.74) is 7.29. The van der Waals surface area contributed by atoms with Crippen molar-refractivity contribution in [2.75, 3.05) is 6.54 Å². The third-order valence-electron chi connectivity index (χ3n) is 4.68. The molecule has 3 rings (SSSR count). The first-order valence-electron chi connectivity index (χ1n) is 9.34. The molecular weight excluding hydrogens is 360 g/mol. The van der Waals surface area contributed by atoms with Crippen molar-refractivity contribution in [3.8, 4) is 0 Å². The smallest absolute Gasteiger partial charge is 0.269 e. The predicted octanol–water partition coefficient (Wildman–Crippen LogP) is 3.31. The highest BCUT2D eigenvalue weighted by Gasteiger charge is 2.29. The number of hydrogen-bond donors (Lipinski definition) is 2. The van der Waals surface area contributed by atoms with Gasteiger partial charge < -0.3 is 10.6 Å². The van der Waals surface area contributed by atoms with Crippen LogP contribution in [0.25, 0.3) is 0 Å². The molecule has 1 aromatic heterocycles. The van der Waals surface area contributed by atoms with Gasteiger partial charge in [0.05, 0.1) is 18.2 Å². The van der Waals surface area contributed by atoms with Crippen molar-refractivity contribution in [1.82, 2.24) is 15.1 Å². The lowest BCUT2D eigenvalue weighted by Gasteiger charge is -2.35. The van der Waals surface area contributed by atoms with Gasteiger partial charge in [0.1, 0.15) is 5.69 Å². The number of rotatable bonds is 6. The fourth-order valence-corrected chi connectivity index (χ4v) is 4.26. The third kappa shape index (κ3) is 4.91. The van der Waals surface area contributed by atoms with E-state index < -0.39 is 5.91 Å². The Morgan fingerprint density at radius 2 is 2.04 bits per heavy atom. The van der Waals surface area contributed by atoms with Crippen LogP contribution in [0.2, 0.25) is 0 Å². The summed E-state index contributed by atoms with van der Waals surface area (Å²) in [5.74, 6) is -0.468. The minimum absolute atomic E-state index is 0.0809. The summed E-state index contributed by atoms with van der Waals surface area (Å²) in [6, 6.07) is 9.80. The van der Waals surface area contributed by atoms with E-state index in [0.29, 0.717) is 11.7 Å². The van der Waals surface area contributed by atoms with Crippen LogP contribution in [0.4, 0.5) is 0 Å². The van der Waals surface area contributed by atoms with E-state index in [2.05, 4.69) is 36.2 Å². The number of hydrogen-bond acceptors (Lipinski definition) is 4. The monoisotopic (exact) mass is 386 g/mol. The lowest BCUT2D eigenvalue weighted by molar-refractivity contribution is -0.134. The Hall–Kier alpha value is -2.28. The average Bonchev–Trinajstić information content (AvgIpc) is 3.13.